The Balaban J connectivity index is 1.53. The number of hydrogen-bond acceptors (Lipinski definition) is 4. The number of carbonyl (C=O) groups excluding carboxylic acids is 1. The van der Waals surface area contributed by atoms with Gasteiger partial charge in [0.2, 0.25) is 10.0 Å². The lowest BCUT2D eigenvalue weighted by Gasteiger charge is -2.22. The van der Waals surface area contributed by atoms with Crippen LogP contribution in [0.5, 0.6) is 0 Å². The minimum absolute atomic E-state index is 0.208. The minimum Gasteiger partial charge on any atom is -0.351 e. The molecule has 1 amide bonds. The number of anilines is 1. The van der Waals surface area contributed by atoms with Crippen LogP contribution in [0.2, 0.25) is 10.0 Å². The number of amides is 1. The van der Waals surface area contributed by atoms with E-state index in [0.29, 0.717) is 27.8 Å². The summed E-state index contributed by atoms with van der Waals surface area (Å²) in [6.07, 6.45) is 1.17. The smallest absolute Gasteiger partial charge is 0.251 e. The highest BCUT2D eigenvalue weighted by atomic mass is 35.5. The molecule has 0 saturated carbocycles. The molecule has 0 fully saturated rings. The van der Waals surface area contributed by atoms with E-state index in [-0.39, 0.29) is 12.5 Å². The number of thioether (sulfide) groups is 1. The highest BCUT2D eigenvalue weighted by molar-refractivity contribution is 7.98. The molecule has 0 spiro atoms. The number of carbonyl (C=O) groups is 1. The summed E-state index contributed by atoms with van der Waals surface area (Å²) in [6, 6.07) is 21.3. The number of sulfonamides is 1. The lowest BCUT2D eigenvalue weighted by Crippen LogP contribution is -2.29. The van der Waals surface area contributed by atoms with Crippen molar-refractivity contribution in [2.75, 3.05) is 22.9 Å². The van der Waals surface area contributed by atoms with Crippen LogP contribution >= 0.6 is 35.0 Å². The maximum absolute atomic E-state index is 12.5. The second-order valence-electron chi connectivity index (χ2n) is 7.35. The molecular formula is C24H24Cl2N2O3S2. The maximum Gasteiger partial charge on any atom is 0.251 e. The van der Waals surface area contributed by atoms with Crippen LogP contribution in [0.4, 0.5) is 5.69 Å². The number of rotatable bonds is 10. The molecule has 5 nitrogen and oxygen atoms in total. The molecule has 0 aliphatic rings. The van der Waals surface area contributed by atoms with Gasteiger partial charge in [-0.25, -0.2) is 8.42 Å². The highest BCUT2D eigenvalue weighted by Crippen LogP contribution is 2.25. The first-order chi connectivity index (χ1) is 15.7. The van der Waals surface area contributed by atoms with Gasteiger partial charge in [-0.2, -0.15) is 11.8 Å². The molecule has 3 aromatic carbocycles. The Labute approximate surface area is 209 Å². The summed E-state index contributed by atoms with van der Waals surface area (Å²) in [5.41, 5.74) is 2.85. The van der Waals surface area contributed by atoms with Crippen LogP contribution in [-0.4, -0.2) is 32.9 Å². The number of nitrogens with one attached hydrogen (secondary N) is 1. The minimum atomic E-state index is -3.48. The van der Waals surface area contributed by atoms with Crippen molar-refractivity contribution in [2.45, 2.75) is 12.3 Å². The number of hydrogen-bond donors (Lipinski definition) is 1. The highest BCUT2D eigenvalue weighted by Gasteiger charge is 2.18. The van der Waals surface area contributed by atoms with E-state index in [1.165, 1.54) is 10.6 Å². The van der Waals surface area contributed by atoms with E-state index < -0.39 is 10.0 Å². The topological polar surface area (TPSA) is 66.5 Å². The molecule has 0 aliphatic carbocycles. The second kappa shape index (κ2) is 11.8. The number of nitrogens with zero attached hydrogens (tertiary/aromatic N) is 1. The summed E-state index contributed by atoms with van der Waals surface area (Å²) in [7, 11) is -3.48. The zero-order valence-electron chi connectivity index (χ0n) is 18.0. The molecule has 0 aromatic heterocycles. The van der Waals surface area contributed by atoms with Crippen LogP contribution in [0.25, 0.3) is 0 Å². The first kappa shape index (κ1) is 25.4. The van der Waals surface area contributed by atoms with Crippen LogP contribution in [0, 0.1) is 0 Å². The Bertz CT molecular complexity index is 1190. The van der Waals surface area contributed by atoms with Crippen molar-refractivity contribution in [2.24, 2.45) is 0 Å². The fourth-order valence-corrected chi connectivity index (χ4v) is 5.39. The maximum atomic E-state index is 12.5. The van der Waals surface area contributed by atoms with Gasteiger partial charge in [0, 0.05) is 33.7 Å². The Morgan fingerprint density at radius 3 is 2.33 bits per heavy atom. The quantitative estimate of drug-likeness (QED) is 0.350. The number of halogens is 2. The summed E-state index contributed by atoms with van der Waals surface area (Å²) in [6.45, 7) is 0.722. The first-order valence-corrected chi connectivity index (χ1v) is 13.9. The lowest BCUT2D eigenvalue weighted by molar-refractivity contribution is 0.0956. The average molecular weight is 524 g/mol. The van der Waals surface area contributed by atoms with Crippen molar-refractivity contribution < 1.29 is 13.2 Å². The third kappa shape index (κ3) is 7.67. The van der Waals surface area contributed by atoms with E-state index in [9.17, 15) is 13.2 Å². The van der Waals surface area contributed by atoms with E-state index in [1.54, 1.807) is 48.2 Å². The molecule has 3 aromatic rings. The molecule has 0 radical (unpaired) electrons. The Kier molecular flexibility index (Phi) is 9.09. The van der Waals surface area contributed by atoms with Gasteiger partial charge in [-0.05, 0) is 47.5 Å². The molecule has 0 unspecified atom stereocenters. The second-order valence-corrected chi connectivity index (χ2v) is 11.2. The monoisotopic (exact) mass is 522 g/mol. The fraction of sp³-hybridized carbons (Fsp3) is 0.208. The normalized spacial score (nSPS) is 11.2. The molecule has 9 heteroatoms. The van der Waals surface area contributed by atoms with Crippen LogP contribution < -0.4 is 9.62 Å². The Hall–Kier alpha value is -2.19. The van der Waals surface area contributed by atoms with Gasteiger partial charge in [0.25, 0.3) is 5.91 Å². The molecule has 0 saturated heterocycles. The summed E-state index contributed by atoms with van der Waals surface area (Å²) in [4.78, 5) is 12.5. The standard InChI is InChI=1S/C24H24Cl2N2O3S2/c1-33(30,31)28(16-18-5-3-2-4-6-18)22-11-8-19(9-12-22)24(29)27-13-14-32-17-20-7-10-21(25)15-23(20)26/h2-12,15H,13-14,16-17H2,1H3,(H,27,29). The van der Waals surface area contributed by atoms with E-state index in [1.807, 2.05) is 36.4 Å². The van der Waals surface area contributed by atoms with Gasteiger partial charge in [0.05, 0.1) is 18.5 Å². The predicted molar refractivity (Wildman–Crippen MR) is 139 cm³/mol. The zero-order chi connectivity index (χ0) is 23.8. The van der Waals surface area contributed by atoms with E-state index in [4.69, 9.17) is 23.2 Å². The van der Waals surface area contributed by atoms with Crippen molar-refractivity contribution in [1.82, 2.24) is 5.32 Å². The molecule has 0 atom stereocenters. The van der Waals surface area contributed by atoms with Crippen LogP contribution in [0.3, 0.4) is 0 Å². The van der Waals surface area contributed by atoms with E-state index in [2.05, 4.69) is 5.32 Å². The van der Waals surface area contributed by atoms with E-state index >= 15 is 0 Å². The van der Waals surface area contributed by atoms with Crippen LogP contribution in [0.1, 0.15) is 21.5 Å². The van der Waals surface area contributed by atoms with Gasteiger partial charge < -0.3 is 5.32 Å². The third-order valence-corrected chi connectivity index (χ3v) is 7.53. The van der Waals surface area contributed by atoms with Crippen LogP contribution in [0.15, 0.2) is 72.8 Å². The van der Waals surface area contributed by atoms with E-state index in [0.717, 1.165) is 22.6 Å². The first-order valence-electron chi connectivity index (χ1n) is 10.2. The van der Waals surface area contributed by atoms with Crippen LogP contribution in [-0.2, 0) is 22.3 Å². The van der Waals surface area contributed by atoms with Gasteiger partial charge >= 0.3 is 0 Å². The third-order valence-electron chi connectivity index (χ3n) is 4.79. The average Bonchev–Trinajstić information content (AvgIpc) is 2.78. The lowest BCUT2D eigenvalue weighted by atomic mass is 10.2. The summed E-state index contributed by atoms with van der Waals surface area (Å²) in [5.74, 6) is 1.24. The molecule has 0 aliphatic heterocycles. The summed E-state index contributed by atoms with van der Waals surface area (Å²) < 4.78 is 26.0. The Morgan fingerprint density at radius 1 is 1.00 bits per heavy atom. The predicted octanol–water partition coefficient (Wildman–Crippen LogP) is 5.62. The summed E-state index contributed by atoms with van der Waals surface area (Å²) in [5, 5.41) is 4.12. The molecule has 1 N–H and O–H groups in total. The van der Waals surface area contributed by atoms with Crippen molar-refractivity contribution >= 4 is 56.6 Å². The molecule has 0 heterocycles. The van der Waals surface area contributed by atoms with Gasteiger partial charge in [-0.3, -0.25) is 9.10 Å². The Morgan fingerprint density at radius 2 is 1.70 bits per heavy atom. The molecular weight excluding hydrogens is 499 g/mol. The van der Waals surface area contributed by atoms with Crippen molar-refractivity contribution in [1.29, 1.82) is 0 Å². The summed E-state index contributed by atoms with van der Waals surface area (Å²) >= 11 is 13.7. The molecule has 33 heavy (non-hydrogen) atoms. The van der Waals surface area contributed by atoms with Gasteiger partial charge in [-0.15, -0.1) is 0 Å². The van der Waals surface area contributed by atoms with Gasteiger partial charge in [0.15, 0.2) is 0 Å². The number of benzene rings is 3. The zero-order valence-corrected chi connectivity index (χ0v) is 21.1. The molecule has 3 rings (SSSR count). The largest absolute Gasteiger partial charge is 0.351 e. The van der Waals surface area contributed by atoms with Crippen molar-refractivity contribution in [3.8, 4) is 0 Å². The van der Waals surface area contributed by atoms with Crippen molar-refractivity contribution in [3.63, 3.8) is 0 Å². The fourth-order valence-electron chi connectivity index (χ4n) is 3.09. The van der Waals surface area contributed by atoms with Gasteiger partial charge in [-0.1, -0.05) is 59.6 Å². The molecule has 174 valence electrons. The van der Waals surface area contributed by atoms with Crippen molar-refractivity contribution in [3.05, 3.63) is 99.5 Å². The SMILES string of the molecule is CS(=O)(=O)N(Cc1ccccc1)c1ccc(C(=O)NCCSCc2ccc(Cl)cc2Cl)cc1. The molecule has 0 bridgehead atoms. The van der Waals surface area contributed by atoms with Gasteiger partial charge in [0.1, 0.15) is 0 Å².